The van der Waals surface area contributed by atoms with Crippen LogP contribution in [0.4, 0.5) is 0 Å². The number of epoxide rings is 1. The Hall–Kier alpha value is 0.250. The first-order valence-corrected chi connectivity index (χ1v) is 2.50. The van der Waals surface area contributed by atoms with E-state index in [1.54, 1.807) is 0 Å². The standard InChI is InChI=1S/C4H7ClO/c1-3(5)4-2-6-4/h3-4H,2H2,1H3. The minimum Gasteiger partial charge on any atom is -0.372 e. The summed E-state index contributed by atoms with van der Waals surface area (Å²) in [7, 11) is 0. The van der Waals surface area contributed by atoms with Gasteiger partial charge in [0.05, 0.1) is 18.1 Å². The van der Waals surface area contributed by atoms with E-state index in [9.17, 15) is 0 Å². The molecule has 0 aromatic carbocycles. The summed E-state index contributed by atoms with van der Waals surface area (Å²) in [6.07, 6.45) is 0.367. The van der Waals surface area contributed by atoms with Crippen LogP contribution < -0.4 is 0 Å². The highest BCUT2D eigenvalue weighted by atomic mass is 35.5. The van der Waals surface area contributed by atoms with Gasteiger partial charge in [-0.2, -0.15) is 0 Å². The monoisotopic (exact) mass is 106 g/mol. The molecule has 36 valence electrons. The smallest absolute Gasteiger partial charge is 0.0970 e. The number of hydrogen-bond donors (Lipinski definition) is 0. The number of hydrogen-bond acceptors (Lipinski definition) is 1. The van der Waals surface area contributed by atoms with E-state index in [0.717, 1.165) is 6.61 Å². The molecule has 0 N–H and O–H groups in total. The summed E-state index contributed by atoms with van der Waals surface area (Å²) in [4.78, 5) is 0. The average Bonchev–Trinajstić information content (AvgIpc) is 2.06. The van der Waals surface area contributed by atoms with Crippen LogP contribution in [0.25, 0.3) is 0 Å². The molecule has 2 heteroatoms. The van der Waals surface area contributed by atoms with Crippen LogP contribution in [0.1, 0.15) is 6.92 Å². The number of rotatable bonds is 1. The van der Waals surface area contributed by atoms with Crippen LogP contribution in [0.2, 0.25) is 0 Å². The van der Waals surface area contributed by atoms with E-state index in [4.69, 9.17) is 16.3 Å². The maximum absolute atomic E-state index is 5.55. The first kappa shape index (κ1) is 4.41. The van der Waals surface area contributed by atoms with Crippen molar-refractivity contribution in [2.24, 2.45) is 0 Å². The van der Waals surface area contributed by atoms with E-state index in [1.807, 2.05) is 6.92 Å². The van der Waals surface area contributed by atoms with Gasteiger partial charge in [-0.05, 0) is 6.92 Å². The van der Waals surface area contributed by atoms with Crippen LogP contribution in [-0.4, -0.2) is 18.1 Å². The van der Waals surface area contributed by atoms with Crippen LogP contribution in [0.5, 0.6) is 0 Å². The molecule has 0 aliphatic carbocycles. The lowest BCUT2D eigenvalue weighted by Gasteiger charge is -1.88. The maximum atomic E-state index is 5.55. The van der Waals surface area contributed by atoms with Gasteiger partial charge in [-0.15, -0.1) is 11.6 Å². The third-order valence-corrected chi connectivity index (χ3v) is 1.15. The molecule has 0 saturated carbocycles. The van der Waals surface area contributed by atoms with Gasteiger partial charge in [-0.1, -0.05) is 0 Å². The zero-order valence-corrected chi connectivity index (χ0v) is 4.40. The number of alkyl halides is 1. The highest BCUT2D eigenvalue weighted by Gasteiger charge is 2.27. The van der Waals surface area contributed by atoms with Crippen LogP contribution in [-0.2, 0) is 4.74 Å². The molecular formula is C4H7ClO. The molecule has 1 aliphatic rings. The van der Waals surface area contributed by atoms with Gasteiger partial charge in [0.1, 0.15) is 0 Å². The Balaban J connectivity index is 2.13. The number of ether oxygens (including phenoxy) is 1. The van der Waals surface area contributed by atoms with Gasteiger partial charge >= 0.3 is 0 Å². The third kappa shape index (κ3) is 0.854. The molecule has 2 unspecified atom stereocenters. The average molecular weight is 107 g/mol. The van der Waals surface area contributed by atoms with Crippen molar-refractivity contribution >= 4 is 11.6 Å². The van der Waals surface area contributed by atoms with Gasteiger partial charge in [-0.3, -0.25) is 0 Å². The van der Waals surface area contributed by atoms with E-state index in [1.165, 1.54) is 0 Å². The Morgan fingerprint density at radius 1 is 2.00 bits per heavy atom. The Bertz CT molecular complexity index is 49.5. The van der Waals surface area contributed by atoms with E-state index >= 15 is 0 Å². The second-order valence-corrected chi connectivity index (χ2v) is 2.24. The van der Waals surface area contributed by atoms with E-state index in [-0.39, 0.29) is 5.38 Å². The molecule has 6 heavy (non-hydrogen) atoms. The lowest BCUT2D eigenvalue weighted by Crippen LogP contribution is -1.98. The second kappa shape index (κ2) is 1.39. The van der Waals surface area contributed by atoms with Crippen molar-refractivity contribution in [2.75, 3.05) is 6.61 Å². The Labute approximate surface area is 42.2 Å². The second-order valence-electron chi connectivity index (χ2n) is 1.55. The predicted octanol–water partition coefficient (Wildman–Crippen LogP) is 1.01. The molecule has 1 aliphatic heterocycles. The first-order chi connectivity index (χ1) is 2.80. The normalized spacial score (nSPS) is 36.0. The van der Waals surface area contributed by atoms with Gasteiger partial charge in [0.2, 0.25) is 0 Å². The van der Waals surface area contributed by atoms with Crippen LogP contribution in [0, 0.1) is 0 Å². The lowest BCUT2D eigenvalue weighted by atomic mass is 10.4. The summed E-state index contributed by atoms with van der Waals surface area (Å²) >= 11 is 5.55. The molecule has 2 atom stereocenters. The van der Waals surface area contributed by atoms with Crippen molar-refractivity contribution in [3.05, 3.63) is 0 Å². The van der Waals surface area contributed by atoms with Crippen LogP contribution >= 0.6 is 11.6 Å². The summed E-state index contributed by atoms with van der Waals surface area (Å²) in [5, 5.41) is 0.213. The topological polar surface area (TPSA) is 12.5 Å². The predicted molar refractivity (Wildman–Crippen MR) is 25.1 cm³/mol. The highest BCUT2D eigenvalue weighted by Crippen LogP contribution is 2.17. The Morgan fingerprint density at radius 3 is 2.50 bits per heavy atom. The summed E-state index contributed by atoms with van der Waals surface area (Å²) < 4.78 is 4.84. The summed E-state index contributed by atoms with van der Waals surface area (Å²) in [6, 6.07) is 0. The van der Waals surface area contributed by atoms with Crippen LogP contribution in [0.3, 0.4) is 0 Å². The third-order valence-electron chi connectivity index (χ3n) is 0.871. The molecule has 0 amide bonds. The summed E-state index contributed by atoms with van der Waals surface area (Å²) in [5.41, 5.74) is 0. The molecule has 1 heterocycles. The fourth-order valence-electron chi connectivity index (χ4n) is 0.321. The van der Waals surface area contributed by atoms with Crippen molar-refractivity contribution in [1.29, 1.82) is 0 Å². The number of halogens is 1. The molecule has 1 fully saturated rings. The van der Waals surface area contributed by atoms with E-state index < -0.39 is 0 Å². The lowest BCUT2D eigenvalue weighted by molar-refractivity contribution is 0.406. The molecule has 1 rings (SSSR count). The van der Waals surface area contributed by atoms with E-state index in [2.05, 4.69) is 0 Å². The highest BCUT2D eigenvalue weighted by molar-refractivity contribution is 6.20. The van der Waals surface area contributed by atoms with Gasteiger partial charge in [0.15, 0.2) is 0 Å². The van der Waals surface area contributed by atoms with Crippen molar-refractivity contribution in [3.8, 4) is 0 Å². The Kier molecular flexibility index (Phi) is 1.02. The zero-order chi connectivity index (χ0) is 4.57. The molecule has 0 aromatic rings. The van der Waals surface area contributed by atoms with Gasteiger partial charge < -0.3 is 4.74 Å². The minimum atomic E-state index is 0.213. The summed E-state index contributed by atoms with van der Waals surface area (Å²) in [6.45, 7) is 2.81. The van der Waals surface area contributed by atoms with E-state index in [0.29, 0.717) is 6.10 Å². The Morgan fingerprint density at radius 2 is 2.50 bits per heavy atom. The molecule has 0 bridgehead atoms. The molecule has 0 spiro atoms. The van der Waals surface area contributed by atoms with Gasteiger partial charge in [0, 0.05) is 0 Å². The molecule has 0 aromatic heterocycles. The molecule has 0 radical (unpaired) electrons. The summed E-state index contributed by atoms with van der Waals surface area (Å²) in [5.74, 6) is 0. The quantitative estimate of drug-likeness (QED) is 0.359. The molecular weight excluding hydrogens is 99.5 g/mol. The SMILES string of the molecule is CC(Cl)C1CO1. The molecule has 1 saturated heterocycles. The first-order valence-electron chi connectivity index (χ1n) is 2.06. The minimum absolute atomic E-state index is 0.213. The molecule has 1 nitrogen and oxygen atoms in total. The maximum Gasteiger partial charge on any atom is 0.0970 e. The fraction of sp³-hybridized carbons (Fsp3) is 1.00. The van der Waals surface area contributed by atoms with Crippen LogP contribution in [0.15, 0.2) is 0 Å². The van der Waals surface area contributed by atoms with Gasteiger partial charge in [-0.25, -0.2) is 0 Å². The van der Waals surface area contributed by atoms with Crippen molar-refractivity contribution in [3.63, 3.8) is 0 Å². The van der Waals surface area contributed by atoms with Crippen molar-refractivity contribution in [2.45, 2.75) is 18.4 Å². The zero-order valence-electron chi connectivity index (χ0n) is 3.65. The van der Waals surface area contributed by atoms with Crippen molar-refractivity contribution in [1.82, 2.24) is 0 Å². The van der Waals surface area contributed by atoms with Crippen molar-refractivity contribution < 1.29 is 4.74 Å². The largest absolute Gasteiger partial charge is 0.372 e. The fourth-order valence-corrected chi connectivity index (χ4v) is 0.466. The van der Waals surface area contributed by atoms with Gasteiger partial charge in [0.25, 0.3) is 0 Å².